The Morgan fingerprint density at radius 3 is 2.76 bits per heavy atom. The molecule has 0 radical (unpaired) electrons. The number of para-hydroxylation sites is 1. The number of nitrogens with zero attached hydrogens (tertiary/aromatic N) is 3. The van der Waals surface area contributed by atoms with E-state index in [2.05, 4.69) is 20.1 Å². The van der Waals surface area contributed by atoms with Gasteiger partial charge in [-0.3, -0.25) is 9.89 Å². The van der Waals surface area contributed by atoms with Crippen molar-refractivity contribution in [3.05, 3.63) is 40.7 Å². The van der Waals surface area contributed by atoms with Gasteiger partial charge in [-0.15, -0.1) is 0 Å². The molecule has 2 aliphatic rings. The third-order valence-corrected chi connectivity index (χ3v) is 4.17. The van der Waals surface area contributed by atoms with Crippen LogP contribution in [0.15, 0.2) is 35.1 Å². The molecule has 6 heteroatoms. The molecular formula is C15H19ClN4O. The monoisotopic (exact) mass is 306 g/mol. The first-order valence-corrected chi connectivity index (χ1v) is 7.49. The minimum absolute atomic E-state index is 0.203. The molecule has 21 heavy (non-hydrogen) atoms. The van der Waals surface area contributed by atoms with Crippen LogP contribution in [-0.2, 0) is 6.54 Å². The highest BCUT2D eigenvalue weighted by Crippen LogP contribution is 2.28. The average molecular weight is 307 g/mol. The lowest BCUT2D eigenvalue weighted by Crippen LogP contribution is -2.48. The average Bonchev–Trinajstić information content (AvgIpc) is 2.53. The van der Waals surface area contributed by atoms with Crippen LogP contribution in [0.4, 0.5) is 0 Å². The molecule has 0 amide bonds. The van der Waals surface area contributed by atoms with Crippen LogP contribution in [0.2, 0.25) is 5.02 Å². The van der Waals surface area contributed by atoms with Crippen LogP contribution in [0.1, 0.15) is 5.56 Å². The number of hydrogen-bond donors (Lipinski definition) is 2. The first-order valence-electron chi connectivity index (χ1n) is 7.11. The second-order valence-corrected chi connectivity index (χ2v) is 5.64. The normalized spacial score (nSPS) is 19.3. The predicted octanol–water partition coefficient (Wildman–Crippen LogP) is 1.64. The van der Waals surface area contributed by atoms with Crippen LogP contribution in [0, 0.1) is 0 Å². The minimum atomic E-state index is 0.203. The van der Waals surface area contributed by atoms with E-state index in [1.807, 2.05) is 24.4 Å². The zero-order valence-corrected chi connectivity index (χ0v) is 12.6. The van der Waals surface area contributed by atoms with Crippen LogP contribution < -0.4 is 5.32 Å². The van der Waals surface area contributed by atoms with Gasteiger partial charge in [0.25, 0.3) is 0 Å². The molecule has 0 aromatic heterocycles. The summed E-state index contributed by atoms with van der Waals surface area (Å²) in [7, 11) is 0. The van der Waals surface area contributed by atoms with Crippen molar-refractivity contribution in [2.24, 2.45) is 4.99 Å². The van der Waals surface area contributed by atoms with Gasteiger partial charge in [-0.25, -0.2) is 0 Å². The van der Waals surface area contributed by atoms with E-state index in [0.29, 0.717) is 11.7 Å². The number of hydrogen-bond acceptors (Lipinski definition) is 5. The van der Waals surface area contributed by atoms with Gasteiger partial charge in [0.2, 0.25) is 0 Å². The van der Waals surface area contributed by atoms with Crippen LogP contribution >= 0.6 is 11.6 Å². The summed E-state index contributed by atoms with van der Waals surface area (Å²) in [5.41, 5.74) is 0.887. The van der Waals surface area contributed by atoms with E-state index in [0.717, 1.165) is 44.1 Å². The summed E-state index contributed by atoms with van der Waals surface area (Å²) in [6, 6.07) is 5.51. The molecule has 0 aliphatic carbocycles. The summed E-state index contributed by atoms with van der Waals surface area (Å²) in [6.07, 6.45) is 3.87. The highest BCUT2D eigenvalue weighted by atomic mass is 35.5. The summed E-state index contributed by atoms with van der Waals surface area (Å²) >= 11 is 5.95. The third kappa shape index (κ3) is 3.31. The highest BCUT2D eigenvalue weighted by molar-refractivity contribution is 6.32. The largest absolute Gasteiger partial charge is 0.506 e. The fraction of sp³-hybridized carbons (Fsp3) is 0.400. The molecule has 2 heterocycles. The smallest absolute Gasteiger partial charge is 0.138 e. The molecular weight excluding hydrogens is 288 g/mol. The van der Waals surface area contributed by atoms with E-state index in [-0.39, 0.29) is 5.75 Å². The Hall–Kier alpha value is -1.72. The van der Waals surface area contributed by atoms with Crippen molar-refractivity contribution in [3.8, 4) is 5.75 Å². The maximum absolute atomic E-state index is 9.98. The first kappa shape index (κ1) is 14.2. The minimum Gasteiger partial charge on any atom is -0.506 e. The fourth-order valence-corrected chi connectivity index (χ4v) is 2.85. The molecule has 112 valence electrons. The van der Waals surface area contributed by atoms with Gasteiger partial charge in [0.1, 0.15) is 18.2 Å². The Balaban J connectivity index is 1.57. The van der Waals surface area contributed by atoms with Gasteiger partial charge in [-0.05, 0) is 12.1 Å². The van der Waals surface area contributed by atoms with Gasteiger partial charge in [0.05, 0.1) is 5.02 Å². The van der Waals surface area contributed by atoms with Crippen molar-refractivity contribution in [2.75, 3.05) is 32.8 Å². The molecule has 0 saturated carbocycles. The Bertz CT molecular complexity index is 565. The molecule has 0 atom stereocenters. The van der Waals surface area contributed by atoms with E-state index in [1.54, 1.807) is 6.07 Å². The van der Waals surface area contributed by atoms with Crippen molar-refractivity contribution >= 4 is 17.8 Å². The van der Waals surface area contributed by atoms with Gasteiger partial charge in [-0.1, -0.05) is 23.7 Å². The van der Waals surface area contributed by atoms with E-state index < -0.39 is 0 Å². The third-order valence-electron chi connectivity index (χ3n) is 3.87. The zero-order chi connectivity index (χ0) is 14.7. The van der Waals surface area contributed by atoms with Crippen LogP contribution in [0.3, 0.4) is 0 Å². The molecule has 0 bridgehead atoms. The van der Waals surface area contributed by atoms with Crippen molar-refractivity contribution in [1.82, 2.24) is 15.1 Å². The van der Waals surface area contributed by atoms with E-state index in [4.69, 9.17) is 11.6 Å². The Labute approximate surface area is 129 Å². The topological polar surface area (TPSA) is 51.1 Å². The molecule has 0 unspecified atom stereocenters. The number of phenols is 1. The second kappa shape index (κ2) is 6.37. The van der Waals surface area contributed by atoms with Crippen molar-refractivity contribution in [2.45, 2.75) is 6.54 Å². The second-order valence-electron chi connectivity index (χ2n) is 5.23. The standard InChI is InChI=1S/C15H19ClN4O/c16-13-3-1-2-12(15(13)21)10-19-6-8-20(9-7-19)14-4-5-17-11-18-14/h1-5,18,21H,6-11H2. The lowest BCUT2D eigenvalue weighted by molar-refractivity contribution is 0.146. The van der Waals surface area contributed by atoms with Crippen molar-refractivity contribution < 1.29 is 5.11 Å². The quantitative estimate of drug-likeness (QED) is 0.891. The number of rotatable bonds is 3. The van der Waals surface area contributed by atoms with Gasteiger partial charge in [0.15, 0.2) is 0 Å². The Kier molecular flexibility index (Phi) is 4.31. The van der Waals surface area contributed by atoms with Crippen LogP contribution in [0.5, 0.6) is 5.75 Å². The number of phenolic OH excluding ortho intramolecular Hbond substituents is 1. The van der Waals surface area contributed by atoms with Gasteiger partial charge in [0, 0.05) is 44.5 Å². The summed E-state index contributed by atoms with van der Waals surface area (Å²) in [5.74, 6) is 1.35. The summed E-state index contributed by atoms with van der Waals surface area (Å²) < 4.78 is 0. The maximum atomic E-state index is 9.98. The number of allylic oxidation sites excluding steroid dienone is 1. The first-order chi connectivity index (χ1) is 10.2. The molecule has 0 spiro atoms. The number of benzene rings is 1. The highest BCUT2D eigenvalue weighted by Gasteiger charge is 2.20. The summed E-state index contributed by atoms with van der Waals surface area (Å²) in [6.45, 7) is 5.24. The fourth-order valence-electron chi connectivity index (χ4n) is 2.65. The molecule has 1 aromatic carbocycles. The Morgan fingerprint density at radius 2 is 2.05 bits per heavy atom. The molecule has 1 fully saturated rings. The number of halogens is 1. The van der Waals surface area contributed by atoms with E-state index in [9.17, 15) is 5.11 Å². The maximum Gasteiger partial charge on any atom is 0.138 e. The van der Waals surface area contributed by atoms with Gasteiger partial charge in [-0.2, -0.15) is 0 Å². The lowest BCUT2D eigenvalue weighted by Gasteiger charge is -2.37. The number of nitrogens with one attached hydrogen (secondary N) is 1. The molecule has 2 aliphatic heterocycles. The summed E-state index contributed by atoms with van der Waals surface area (Å²) in [5, 5.41) is 13.7. The molecule has 1 saturated heterocycles. The zero-order valence-electron chi connectivity index (χ0n) is 11.8. The van der Waals surface area contributed by atoms with Crippen molar-refractivity contribution in [1.29, 1.82) is 0 Å². The van der Waals surface area contributed by atoms with E-state index >= 15 is 0 Å². The number of aromatic hydroxyl groups is 1. The summed E-state index contributed by atoms with van der Waals surface area (Å²) in [4.78, 5) is 8.79. The Morgan fingerprint density at radius 1 is 1.24 bits per heavy atom. The molecule has 3 rings (SSSR count). The van der Waals surface area contributed by atoms with E-state index in [1.165, 1.54) is 0 Å². The van der Waals surface area contributed by atoms with Crippen LogP contribution in [0.25, 0.3) is 0 Å². The van der Waals surface area contributed by atoms with Crippen molar-refractivity contribution in [3.63, 3.8) is 0 Å². The predicted molar refractivity (Wildman–Crippen MR) is 84.5 cm³/mol. The molecule has 5 nitrogen and oxygen atoms in total. The van der Waals surface area contributed by atoms with Gasteiger partial charge < -0.3 is 15.3 Å². The van der Waals surface area contributed by atoms with Gasteiger partial charge >= 0.3 is 0 Å². The SMILES string of the molecule is Oc1c(Cl)cccc1CN1CCN(C2=CC=NCN2)CC1. The molecule has 2 N–H and O–H groups in total. The molecule has 1 aromatic rings. The number of piperazine rings is 1. The van der Waals surface area contributed by atoms with Crippen LogP contribution in [-0.4, -0.2) is 54.0 Å². The lowest BCUT2D eigenvalue weighted by atomic mass is 10.1. The number of aliphatic imine (C=N–C) groups is 1.